The van der Waals surface area contributed by atoms with Crippen LogP contribution < -0.4 is 0 Å². The normalized spacial score (nSPS) is 10.8. The van der Waals surface area contributed by atoms with Gasteiger partial charge in [0.15, 0.2) is 0 Å². The van der Waals surface area contributed by atoms with Crippen molar-refractivity contribution < 1.29 is 4.79 Å². The zero-order valence-corrected chi connectivity index (χ0v) is 10.4. The number of aryl methyl sites for hydroxylation is 1. The Balaban J connectivity index is 2.64. The van der Waals surface area contributed by atoms with E-state index in [0.29, 0.717) is 5.92 Å². The summed E-state index contributed by atoms with van der Waals surface area (Å²) in [6.07, 6.45) is 1.82. The molecule has 0 spiro atoms. The van der Waals surface area contributed by atoms with Crippen molar-refractivity contribution in [2.24, 2.45) is 5.92 Å². The van der Waals surface area contributed by atoms with Crippen molar-refractivity contribution in [3.8, 4) is 0 Å². The van der Waals surface area contributed by atoms with Gasteiger partial charge in [0.05, 0.1) is 0 Å². The molecule has 5 nitrogen and oxygen atoms in total. The molecule has 1 N–H and O–H groups in total. The molecule has 5 heteroatoms. The first-order chi connectivity index (χ1) is 7.54. The van der Waals surface area contributed by atoms with Gasteiger partial charge in [0.2, 0.25) is 5.82 Å². The van der Waals surface area contributed by atoms with Gasteiger partial charge in [0.1, 0.15) is 5.82 Å². The number of nitrogens with one attached hydrogen (secondary N) is 1. The van der Waals surface area contributed by atoms with Gasteiger partial charge in [-0.1, -0.05) is 20.8 Å². The Morgan fingerprint density at radius 1 is 1.50 bits per heavy atom. The molecule has 0 unspecified atom stereocenters. The van der Waals surface area contributed by atoms with Crippen molar-refractivity contribution >= 4 is 5.91 Å². The van der Waals surface area contributed by atoms with Crippen LogP contribution in [0.4, 0.5) is 0 Å². The van der Waals surface area contributed by atoms with Crippen molar-refractivity contribution in [3.63, 3.8) is 0 Å². The Labute approximate surface area is 96.3 Å². The van der Waals surface area contributed by atoms with E-state index in [1.807, 2.05) is 0 Å². The van der Waals surface area contributed by atoms with Crippen LogP contribution in [0.25, 0.3) is 0 Å². The van der Waals surface area contributed by atoms with Crippen LogP contribution in [-0.2, 0) is 6.42 Å². The minimum Gasteiger partial charge on any atom is -0.339 e. The van der Waals surface area contributed by atoms with Gasteiger partial charge < -0.3 is 4.90 Å². The number of carbonyl (C=O) groups excluding carboxylic acids is 1. The van der Waals surface area contributed by atoms with Crippen LogP contribution in [0.5, 0.6) is 0 Å². The molecule has 0 radical (unpaired) electrons. The van der Waals surface area contributed by atoms with Crippen molar-refractivity contribution in [3.05, 3.63) is 11.6 Å². The van der Waals surface area contributed by atoms with Gasteiger partial charge in [0.25, 0.3) is 5.91 Å². The maximum absolute atomic E-state index is 11.9. The van der Waals surface area contributed by atoms with Gasteiger partial charge in [-0.2, -0.15) is 0 Å². The maximum Gasteiger partial charge on any atom is 0.293 e. The lowest BCUT2D eigenvalue weighted by Crippen LogP contribution is -2.31. The lowest BCUT2D eigenvalue weighted by molar-refractivity contribution is 0.0767. The van der Waals surface area contributed by atoms with Crippen molar-refractivity contribution in [2.45, 2.75) is 33.6 Å². The number of aromatic amines is 1. The Morgan fingerprint density at radius 2 is 2.19 bits per heavy atom. The van der Waals surface area contributed by atoms with E-state index in [-0.39, 0.29) is 11.7 Å². The summed E-state index contributed by atoms with van der Waals surface area (Å²) < 4.78 is 0. The van der Waals surface area contributed by atoms with Crippen molar-refractivity contribution in [2.75, 3.05) is 13.6 Å². The Kier molecular flexibility index (Phi) is 4.46. The van der Waals surface area contributed by atoms with Crippen LogP contribution >= 0.6 is 0 Å². The predicted octanol–water partition coefficient (Wildman–Crippen LogP) is 1.49. The summed E-state index contributed by atoms with van der Waals surface area (Å²) in [5.74, 6) is 1.38. The van der Waals surface area contributed by atoms with Gasteiger partial charge >= 0.3 is 0 Å². The first-order valence-corrected chi connectivity index (χ1v) is 5.71. The third kappa shape index (κ3) is 3.32. The zero-order chi connectivity index (χ0) is 12.1. The number of rotatable bonds is 5. The topological polar surface area (TPSA) is 61.9 Å². The lowest BCUT2D eigenvalue weighted by Gasteiger charge is -2.17. The number of hydrogen-bond donors (Lipinski definition) is 1. The third-order valence-electron chi connectivity index (χ3n) is 2.20. The maximum atomic E-state index is 11.9. The van der Waals surface area contributed by atoms with E-state index in [9.17, 15) is 4.79 Å². The van der Waals surface area contributed by atoms with Crippen LogP contribution in [0.2, 0.25) is 0 Å². The van der Waals surface area contributed by atoms with Crippen molar-refractivity contribution in [1.29, 1.82) is 0 Å². The van der Waals surface area contributed by atoms with E-state index in [2.05, 4.69) is 36.0 Å². The smallest absolute Gasteiger partial charge is 0.293 e. The second-order valence-electron chi connectivity index (χ2n) is 4.44. The first kappa shape index (κ1) is 12.7. The van der Waals surface area contributed by atoms with Crippen LogP contribution in [0.15, 0.2) is 0 Å². The monoisotopic (exact) mass is 224 g/mol. The fourth-order valence-corrected chi connectivity index (χ4v) is 1.54. The first-order valence-electron chi connectivity index (χ1n) is 5.71. The number of hydrogen-bond acceptors (Lipinski definition) is 3. The molecule has 90 valence electrons. The highest BCUT2D eigenvalue weighted by Crippen LogP contribution is 2.02. The average molecular weight is 224 g/mol. The molecule has 1 aromatic heterocycles. The van der Waals surface area contributed by atoms with E-state index in [1.165, 1.54) is 0 Å². The number of aromatic nitrogens is 3. The number of carbonyl (C=O) groups is 1. The Hall–Kier alpha value is -1.39. The molecule has 0 bridgehead atoms. The molecule has 1 heterocycles. The van der Waals surface area contributed by atoms with Gasteiger partial charge in [-0.15, -0.1) is 5.10 Å². The summed E-state index contributed by atoms with van der Waals surface area (Å²) in [5.41, 5.74) is 0. The number of H-pyrrole nitrogens is 1. The standard InChI is InChI=1S/C11H20N4O/c1-5-6-9-12-10(14-13-9)11(16)15(4)7-8(2)3/h8H,5-7H2,1-4H3,(H,12,13,14). The molecule has 1 aromatic rings. The molecule has 0 aliphatic carbocycles. The quantitative estimate of drug-likeness (QED) is 0.824. The summed E-state index contributed by atoms with van der Waals surface area (Å²) >= 11 is 0. The van der Waals surface area contributed by atoms with Gasteiger partial charge in [0, 0.05) is 20.0 Å². The van der Waals surface area contributed by atoms with Gasteiger partial charge in [-0.25, -0.2) is 4.98 Å². The number of amides is 1. The molecule has 0 fully saturated rings. The van der Waals surface area contributed by atoms with Gasteiger partial charge in [-0.05, 0) is 12.3 Å². The second kappa shape index (κ2) is 5.63. The minimum absolute atomic E-state index is 0.118. The highest BCUT2D eigenvalue weighted by molar-refractivity contribution is 5.90. The molecule has 0 saturated carbocycles. The molecule has 16 heavy (non-hydrogen) atoms. The molecule has 0 aliphatic heterocycles. The molecular formula is C11H20N4O. The second-order valence-corrected chi connectivity index (χ2v) is 4.44. The minimum atomic E-state index is -0.118. The molecule has 0 atom stereocenters. The zero-order valence-electron chi connectivity index (χ0n) is 10.4. The summed E-state index contributed by atoms with van der Waals surface area (Å²) in [5, 5.41) is 6.72. The fourth-order valence-electron chi connectivity index (χ4n) is 1.54. The molecule has 1 amide bonds. The summed E-state index contributed by atoms with van der Waals surface area (Å²) in [7, 11) is 1.78. The predicted molar refractivity (Wildman–Crippen MR) is 62.2 cm³/mol. The van der Waals surface area contributed by atoms with E-state index in [0.717, 1.165) is 25.2 Å². The van der Waals surface area contributed by atoms with Crippen LogP contribution in [0.3, 0.4) is 0 Å². The van der Waals surface area contributed by atoms with Crippen LogP contribution in [-0.4, -0.2) is 39.6 Å². The van der Waals surface area contributed by atoms with E-state index < -0.39 is 0 Å². The number of nitrogens with zero attached hydrogens (tertiary/aromatic N) is 3. The van der Waals surface area contributed by atoms with E-state index in [1.54, 1.807) is 11.9 Å². The summed E-state index contributed by atoms with van der Waals surface area (Å²) in [6, 6.07) is 0. The largest absolute Gasteiger partial charge is 0.339 e. The summed E-state index contributed by atoms with van der Waals surface area (Å²) in [6.45, 7) is 6.93. The average Bonchev–Trinajstić information content (AvgIpc) is 2.64. The van der Waals surface area contributed by atoms with Crippen molar-refractivity contribution in [1.82, 2.24) is 20.1 Å². The third-order valence-corrected chi connectivity index (χ3v) is 2.20. The SMILES string of the molecule is CCCc1nc(C(=O)N(C)CC(C)C)n[nH]1. The van der Waals surface area contributed by atoms with E-state index in [4.69, 9.17) is 0 Å². The van der Waals surface area contributed by atoms with Crippen LogP contribution in [0, 0.1) is 5.92 Å². The Morgan fingerprint density at radius 3 is 2.75 bits per heavy atom. The molecular weight excluding hydrogens is 204 g/mol. The molecule has 0 aromatic carbocycles. The highest BCUT2D eigenvalue weighted by atomic mass is 16.2. The lowest BCUT2D eigenvalue weighted by atomic mass is 10.2. The molecule has 1 rings (SSSR count). The molecule has 0 saturated heterocycles. The van der Waals surface area contributed by atoms with Crippen LogP contribution in [0.1, 0.15) is 43.6 Å². The summed E-state index contributed by atoms with van der Waals surface area (Å²) in [4.78, 5) is 17.7. The fraction of sp³-hybridized carbons (Fsp3) is 0.727. The highest BCUT2D eigenvalue weighted by Gasteiger charge is 2.17. The van der Waals surface area contributed by atoms with Gasteiger partial charge in [-0.3, -0.25) is 9.89 Å². The Bertz CT molecular complexity index is 346. The van der Waals surface area contributed by atoms with E-state index >= 15 is 0 Å². The molecule has 0 aliphatic rings.